The molecule has 0 unspecified atom stereocenters. The molecule has 2 atom stereocenters. The summed E-state index contributed by atoms with van der Waals surface area (Å²) in [5, 5.41) is 0. The summed E-state index contributed by atoms with van der Waals surface area (Å²) >= 11 is 0. The molecule has 0 radical (unpaired) electrons. The molecule has 1 aromatic carbocycles. The highest BCUT2D eigenvalue weighted by Crippen LogP contribution is 2.18. The molecule has 4 nitrogen and oxygen atoms in total. The summed E-state index contributed by atoms with van der Waals surface area (Å²) < 4.78 is 16.2. The van der Waals surface area contributed by atoms with Crippen LogP contribution >= 0.6 is 0 Å². The number of carbonyl (C=O) groups is 1. The molecule has 0 aliphatic carbocycles. The minimum Gasteiger partial charge on any atom is -0.490 e. The summed E-state index contributed by atoms with van der Waals surface area (Å²) in [5.74, 6) is 0.584. The Morgan fingerprint density at radius 2 is 2.31 bits per heavy atom. The number of ether oxygens (including phenoxy) is 3. The minimum absolute atomic E-state index is 0.0605. The molecule has 1 aliphatic heterocycles. The Morgan fingerprint density at radius 1 is 1.50 bits per heavy atom. The zero-order valence-electron chi connectivity index (χ0n) is 9.09. The van der Waals surface area contributed by atoms with Gasteiger partial charge in [0.25, 0.3) is 0 Å². The second-order valence-corrected chi connectivity index (χ2v) is 3.63. The van der Waals surface area contributed by atoms with Crippen LogP contribution in [0.25, 0.3) is 0 Å². The number of aldehydes is 1. The van der Waals surface area contributed by atoms with Gasteiger partial charge in [0.15, 0.2) is 12.6 Å². The van der Waals surface area contributed by atoms with E-state index in [1.54, 1.807) is 18.2 Å². The van der Waals surface area contributed by atoms with Crippen molar-refractivity contribution in [3.05, 3.63) is 29.8 Å². The summed E-state index contributed by atoms with van der Waals surface area (Å²) in [4.78, 5) is 10.7. The maximum absolute atomic E-state index is 10.7. The van der Waals surface area contributed by atoms with Crippen molar-refractivity contribution in [2.24, 2.45) is 0 Å². The fourth-order valence-electron chi connectivity index (χ4n) is 1.57. The molecule has 1 fully saturated rings. The van der Waals surface area contributed by atoms with Crippen LogP contribution in [0.15, 0.2) is 24.3 Å². The highest BCUT2D eigenvalue weighted by Gasteiger charge is 2.23. The lowest BCUT2D eigenvalue weighted by Crippen LogP contribution is -2.20. The van der Waals surface area contributed by atoms with E-state index in [1.807, 2.05) is 13.0 Å². The lowest BCUT2D eigenvalue weighted by Gasteiger charge is -2.11. The number of hydrogen-bond acceptors (Lipinski definition) is 4. The van der Waals surface area contributed by atoms with Crippen LogP contribution < -0.4 is 4.74 Å². The van der Waals surface area contributed by atoms with Crippen LogP contribution in [-0.4, -0.2) is 31.9 Å². The van der Waals surface area contributed by atoms with Crippen LogP contribution in [0.2, 0.25) is 0 Å². The van der Waals surface area contributed by atoms with Crippen molar-refractivity contribution in [1.29, 1.82) is 0 Å². The first kappa shape index (κ1) is 11.1. The molecule has 1 aromatic rings. The summed E-state index contributed by atoms with van der Waals surface area (Å²) in [6.07, 6.45) is 0.550. The molecule has 0 aromatic heterocycles. The third-order valence-electron chi connectivity index (χ3n) is 2.37. The van der Waals surface area contributed by atoms with Gasteiger partial charge >= 0.3 is 0 Å². The first-order valence-electron chi connectivity index (χ1n) is 5.23. The van der Waals surface area contributed by atoms with Crippen LogP contribution in [0.5, 0.6) is 5.75 Å². The van der Waals surface area contributed by atoms with Gasteiger partial charge in [-0.25, -0.2) is 0 Å². The van der Waals surface area contributed by atoms with Gasteiger partial charge in [0.1, 0.15) is 18.5 Å². The van der Waals surface area contributed by atoms with Crippen molar-refractivity contribution in [2.75, 3.05) is 13.2 Å². The molecule has 4 heteroatoms. The molecule has 2 rings (SSSR count). The Hall–Kier alpha value is -1.39. The van der Waals surface area contributed by atoms with Crippen molar-refractivity contribution in [2.45, 2.75) is 19.3 Å². The van der Waals surface area contributed by atoms with Gasteiger partial charge in [0.2, 0.25) is 0 Å². The van der Waals surface area contributed by atoms with E-state index in [2.05, 4.69) is 0 Å². The Morgan fingerprint density at radius 3 is 3.00 bits per heavy atom. The maximum Gasteiger partial charge on any atom is 0.155 e. The van der Waals surface area contributed by atoms with Gasteiger partial charge in [-0.3, -0.25) is 4.79 Å². The van der Waals surface area contributed by atoms with Crippen molar-refractivity contribution in [1.82, 2.24) is 0 Å². The van der Waals surface area contributed by atoms with E-state index in [9.17, 15) is 4.79 Å². The molecule has 0 amide bonds. The topological polar surface area (TPSA) is 44.8 Å². The molecule has 0 N–H and O–H groups in total. The van der Waals surface area contributed by atoms with E-state index in [1.165, 1.54) is 0 Å². The summed E-state index contributed by atoms with van der Waals surface area (Å²) in [6, 6.07) is 7.12. The summed E-state index contributed by atoms with van der Waals surface area (Å²) in [6.45, 7) is 2.78. The van der Waals surface area contributed by atoms with Gasteiger partial charge in [0.05, 0.1) is 12.2 Å². The van der Waals surface area contributed by atoms with Crippen LogP contribution in [-0.2, 0) is 9.47 Å². The second-order valence-electron chi connectivity index (χ2n) is 3.63. The quantitative estimate of drug-likeness (QED) is 0.726. The average molecular weight is 222 g/mol. The van der Waals surface area contributed by atoms with Crippen LogP contribution in [0.3, 0.4) is 0 Å². The molecule has 16 heavy (non-hydrogen) atoms. The third kappa shape index (κ3) is 2.59. The van der Waals surface area contributed by atoms with Gasteiger partial charge < -0.3 is 14.2 Å². The van der Waals surface area contributed by atoms with Crippen LogP contribution in [0.1, 0.15) is 17.3 Å². The molecule has 0 spiro atoms. The number of benzene rings is 1. The SMILES string of the molecule is C[C@@H]1OC[C@H](COc2ccccc2C=O)O1. The molecular weight excluding hydrogens is 208 g/mol. The number of rotatable bonds is 4. The van der Waals surface area contributed by atoms with Crippen molar-refractivity contribution >= 4 is 6.29 Å². The number of hydrogen-bond donors (Lipinski definition) is 0. The average Bonchev–Trinajstić information content (AvgIpc) is 2.73. The Labute approximate surface area is 94.1 Å². The fraction of sp³-hybridized carbons (Fsp3) is 0.417. The minimum atomic E-state index is -0.171. The zero-order chi connectivity index (χ0) is 11.4. The molecule has 1 heterocycles. The van der Waals surface area contributed by atoms with E-state index in [0.29, 0.717) is 24.5 Å². The molecule has 1 aliphatic rings. The highest BCUT2D eigenvalue weighted by atomic mass is 16.7. The van der Waals surface area contributed by atoms with Gasteiger partial charge in [0, 0.05) is 0 Å². The van der Waals surface area contributed by atoms with Gasteiger partial charge in [-0.2, -0.15) is 0 Å². The second kappa shape index (κ2) is 5.09. The van der Waals surface area contributed by atoms with Crippen LogP contribution in [0, 0.1) is 0 Å². The highest BCUT2D eigenvalue weighted by molar-refractivity contribution is 5.79. The standard InChI is InChI=1S/C12H14O4/c1-9-14-7-11(16-9)8-15-12-5-3-2-4-10(12)6-13/h2-6,9,11H,7-8H2,1H3/t9-,11-/m1/s1. The molecule has 0 saturated carbocycles. The van der Waals surface area contributed by atoms with E-state index in [0.717, 1.165) is 6.29 Å². The largest absolute Gasteiger partial charge is 0.490 e. The Bertz CT molecular complexity index is 364. The molecular formula is C12H14O4. The smallest absolute Gasteiger partial charge is 0.155 e. The van der Waals surface area contributed by atoms with Gasteiger partial charge in [-0.15, -0.1) is 0 Å². The monoisotopic (exact) mass is 222 g/mol. The zero-order valence-corrected chi connectivity index (χ0v) is 9.09. The summed E-state index contributed by atoms with van der Waals surface area (Å²) in [7, 11) is 0. The summed E-state index contributed by atoms with van der Waals surface area (Å²) in [5.41, 5.74) is 0.550. The van der Waals surface area contributed by atoms with Crippen LogP contribution in [0.4, 0.5) is 0 Å². The molecule has 86 valence electrons. The van der Waals surface area contributed by atoms with E-state index in [4.69, 9.17) is 14.2 Å². The van der Waals surface area contributed by atoms with E-state index >= 15 is 0 Å². The molecule has 1 saturated heterocycles. The Balaban J connectivity index is 1.91. The number of carbonyl (C=O) groups excluding carboxylic acids is 1. The first-order chi connectivity index (χ1) is 7.79. The predicted molar refractivity (Wildman–Crippen MR) is 57.6 cm³/mol. The van der Waals surface area contributed by atoms with Gasteiger partial charge in [-0.1, -0.05) is 12.1 Å². The Kier molecular flexibility index (Phi) is 3.54. The fourth-order valence-corrected chi connectivity index (χ4v) is 1.57. The lowest BCUT2D eigenvalue weighted by atomic mass is 10.2. The van der Waals surface area contributed by atoms with Gasteiger partial charge in [-0.05, 0) is 19.1 Å². The number of para-hydroxylation sites is 1. The lowest BCUT2D eigenvalue weighted by molar-refractivity contribution is -0.0487. The normalized spacial score (nSPS) is 24.3. The third-order valence-corrected chi connectivity index (χ3v) is 2.37. The van der Waals surface area contributed by atoms with Crippen molar-refractivity contribution in [3.8, 4) is 5.75 Å². The van der Waals surface area contributed by atoms with Crippen molar-refractivity contribution in [3.63, 3.8) is 0 Å². The predicted octanol–water partition coefficient (Wildman–Crippen LogP) is 1.64. The van der Waals surface area contributed by atoms with Crippen molar-refractivity contribution < 1.29 is 19.0 Å². The first-order valence-corrected chi connectivity index (χ1v) is 5.23. The maximum atomic E-state index is 10.7. The van der Waals surface area contributed by atoms with E-state index in [-0.39, 0.29) is 12.4 Å². The molecule has 0 bridgehead atoms. The van der Waals surface area contributed by atoms with E-state index < -0.39 is 0 Å².